The van der Waals surface area contributed by atoms with Crippen LogP contribution in [0.5, 0.6) is 0 Å². The van der Waals surface area contributed by atoms with Gasteiger partial charge in [0.05, 0.1) is 34.4 Å². The predicted octanol–water partition coefficient (Wildman–Crippen LogP) is 10.2. The molecule has 0 aliphatic rings. The van der Waals surface area contributed by atoms with Gasteiger partial charge in [0.25, 0.3) is 0 Å². The normalized spacial score (nSPS) is 14.0. The van der Waals surface area contributed by atoms with Crippen molar-refractivity contribution in [3.8, 4) is 0 Å². The minimum atomic E-state index is -4.25. The summed E-state index contributed by atoms with van der Waals surface area (Å²) in [5.74, 6) is -0.314. The number of likely N-dealkylation sites (N-methyl/N-ethyl adjacent to an activating group) is 1. The lowest BCUT2D eigenvalue weighted by Gasteiger charge is -2.24. The first kappa shape index (κ1) is 44.5. The van der Waals surface area contributed by atoms with E-state index in [4.69, 9.17) is 18.5 Å². The van der Waals surface area contributed by atoms with Crippen LogP contribution < -0.4 is 0 Å². The van der Waals surface area contributed by atoms with Crippen LogP contribution in [0.4, 0.5) is 0 Å². The minimum Gasteiger partial charge on any atom is -0.457 e. The molecule has 0 amide bonds. The van der Waals surface area contributed by atoms with E-state index in [0.29, 0.717) is 24.1 Å². The van der Waals surface area contributed by atoms with E-state index >= 15 is 0 Å². The lowest BCUT2D eigenvalue weighted by Crippen LogP contribution is -2.37. The Bertz CT molecular complexity index is 701. The van der Waals surface area contributed by atoms with Crippen LogP contribution in [0.25, 0.3) is 0 Å². The van der Waals surface area contributed by atoms with E-state index in [2.05, 4.69) is 13.8 Å². The average molecular weight is 665 g/mol. The number of phosphoric ester groups is 1. The number of carbonyl (C=O) groups is 1. The van der Waals surface area contributed by atoms with Crippen LogP contribution in [0.3, 0.4) is 0 Å². The van der Waals surface area contributed by atoms with Crippen LogP contribution in [-0.2, 0) is 27.9 Å². The van der Waals surface area contributed by atoms with Gasteiger partial charge in [-0.25, -0.2) is 4.57 Å². The van der Waals surface area contributed by atoms with Crippen molar-refractivity contribution in [1.29, 1.82) is 0 Å². The predicted molar refractivity (Wildman–Crippen MR) is 187 cm³/mol. The molecule has 8 nitrogen and oxygen atoms in total. The topological polar surface area (TPSA) is 91.3 Å². The maximum absolute atomic E-state index is 12.5. The molecule has 270 valence electrons. The fourth-order valence-electron chi connectivity index (χ4n) is 5.20. The maximum Gasteiger partial charge on any atom is 0.472 e. The summed E-state index contributed by atoms with van der Waals surface area (Å²) in [4.78, 5) is 22.7. The Morgan fingerprint density at radius 3 is 1.47 bits per heavy atom. The fraction of sp³-hybridized carbons (Fsp3) is 0.972. The molecule has 0 fully saturated rings. The fourth-order valence-corrected chi connectivity index (χ4v) is 5.94. The Morgan fingerprint density at radius 1 is 0.600 bits per heavy atom. The van der Waals surface area contributed by atoms with E-state index < -0.39 is 13.9 Å². The van der Waals surface area contributed by atoms with Crippen molar-refractivity contribution in [2.45, 2.75) is 174 Å². The molecule has 0 saturated carbocycles. The molecule has 2 atom stereocenters. The number of carbonyl (C=O) groups excluding carboxylic acids is 1. The molecule has 0 aliphatic carbocycles. The molecule has 2 unspecified atom stereocenters. The second-order valence-corrected chi connectivity index (χ2v) is 15.4. The van der Waals surface area contributed by atoms with E-state index in [9.17, 15) is 14.3 Å². The zero-order valence-electron chi connectivity index (χ0n) is 30.4. The van der Waals surface area contributed by atoms with Gasteiger partial charge in [0, 0.05) is 13.0 Å². The van der Waals surface area contributed by atoms with Crippen LogP contribution in [0.1, 0.15) is 168 Å². The van der Waals surface area contributed by atoms with Crippen molar-refractivity contribution in [3.63, 3.8) is 0 Å². The summed E-state index contributed by atoms with van der Waals surface area (Å²) in [5.41, 5.74) is 0. The Labute approximate surface area is 278 Å². The highest BCUT2D eigenvalue weighted by atomic mass is 31.2. The molecular formula is C36H75NO7P+. The highest BCUT2D eigenvalue weighted by Gasteiger charge is 2.26. The van der Waals surface area contributed by atoms with Gasteiger partial charge in [0.15, 0.2) is 0 Å². The van der Waals surface area contributed by atoms with E-state index in [1.807, 2.05) is 21.1 Å². The molecule has 1 N–H and O–H groups in total. The molecule has 45 heavy (non-hydrogen) atoms. The van der Waals surface area contributed by atoms with Crippen molar-refractivity contribution in [3.05, 3.63) is 0 Å². The van der Waals surface area contributed by atoms with Gasteiger partial charge in [-0.1, -0.05) is 149 Å². The first-order chi connectivity index (χ1) is 21.6. The van der Waals surface area contributed by atoms with E-state index in [1.54, 1.807) is 0 Å². The quantitative estimate of drug-likeness (QED) is 0.0312. The summed E-state index contributed by atoms with van der Waals surface area (Å²) in [6.45, 7) is 5.63. The van der Waals surface area contributed by atoms with Crippen LogP contribution in [0.15, 0.2) is 0 Å². The van der Waals surface area contributed by atoms with Gasteiger partial charge in [-0.3, -0.25) is 13.8 Å². The van der Waals surface area contributed by atoms with Gasteiger partial charge >= 0.3 is 13.8 Å². The third-order valence-electron chi connectivity index (χ3n) is 8.17. The van der Waals surface area contributed by atoms with E-state index in [-0.39, 0.29) is 25.8 Å². The molecular weight excluding hydrogens is 589 g/mol. The molecule has 0 saturated heterocycles. The van der Waals surface area contributed by atoms with Crippen molar-refractivity contribution >= 4 is 13.8 Å². The molecule has 0 aromatic carbocycles. The number of esters is 1. The summed E-state index contributed by atoms with van der Waals surface area (Å²) < 4.78 is 34.8. The SMILES string of the molecule is CCCCCCCCCCCCCCCCOCC(COP(=O)(O)OCC[N+](C)(C)C)OC(=O)CCCCCCCCCCC. The Hall–Kier alpha value is -0.500. The number of hydrogen-bond acceptors (Lipinski definition) is 6. The average Bonchev–Trinajstić information content (AvgIpc) is 2.98. The lowest BCUT2D eigenvalue weighted by atomic mass is 10.0. The molecule has 9 heteroatoms. The Kier molecular flexibility index (Phi) is 30.5. The van der Waals surface area contributed by atoms with Crippen molar-refractivity contribution in [2.75, 3.05) is 54.1 Å². The number of unbranched alkanes of at least 4 members (excludes halogenated alkanes) is 21. The largest absolute Gasteiger partial charge is 0.472 e. The Morgan fingerprint density at radius 2 is 1.02 bits per heavy atom. The van der Waals surface area contributed by atoms with Crippen LogP contribution in [-0.4, -0.2) is 75.6 Å². The number of ether oxygens (including phenoxy) is 2. The van der Waals surface area contributed by atoms with Crippen molar-refractivity contribution in [2.24, 2.45) is 0 Å². The molecule has 0 spiro atoms. The van der Waals surface area contributed by atoms with Crippen LogP contribution in [0.2, 0.25) is 0 Å². The highest BCUT2D eigenvalue weighted by Crippen LogP contribution is 2.43. The first-order valence-corrected chi connectivity index (χ1v) is 20.3. The molecule has 0 rings (SSSR count). The summed E-state index contributed by atoms with van der Waals surface area (Å²) >= 11 is 0. The number of nitrogens with zero attached hydrogens (tertiary/aromatic N) is 1. The molecule has 0 bridgehead atoms. The molecule has 0 radical (unpaired) electrons. The molecule has 0 aromatic heterocycles. The smallest absolute Gasteiger partial charge is 0.457 e. The second-order valence-electron chi connectivity index (χ2n) is 14.0. The third kappa shape index (κ3) is 34.6. The van der Waals surface area contributed by atoms with Gasteiger partial charge < -0.3 is 18.9 Å². The van der Waals surface area contributed by atoms with E-state index in [0.717, 1.165) is 32.1 Å². The van der Waals surface area contributed by atoms with Crippen molar-refractivity contribution in [1.82, 2.24) is 0 Å². The summed E-state index contributed by atoms with van der Waals surface area (Å²) in [7, 11) is 1.68. The first-order valence-electron chi connectivity index (χ1n) is 18.8. The number of hydrogen-bond donors (Lipinski definition) is 1. The number of rotatable bonds is 35. The standard InChI is InChI=1S/C36H74NO7P/c1-6-8-10-12-14-16-17-18-19-20-22-24-26-28-31-41-33-35(34-43-45(39,40)42-32-30-37(3,4)5)44-36(38)29-27-25-23-21-15-13-11-9-7-2/h35H,6-34H2,1-5H3/p+1. The lowest BCUT2D eigenvalue weighted by molar-refractivity contribution is -0.870. The van der Waals surface area contributed by atoms with Crippen molar-refractivity contribution < 1.29 is 37.3 Å². The minimum absolute atomic E-state index is 0.0932. The zero-order chi connectivity index (χ0) is 33.5. The monoisotopic (exact) mass is 665 g/mol. The van der Waals surface area contributed by atoms with Gasteiger partial charge in [-0.15, -0.1) is 0 Å². The maximum atomic E-state index is 12.5. The van der Waals surface area contributed by atoms with Gasteiger partial charge in [-0.05, 0) is 12.8 Å². The van der Waals surface area contributed by atoms with Crippen LogP contribution >= 0.6 is 7.82 Å². The van der Waals surface area contributed by atoms with E-state index in [1.165, 1.54) is 116 Å². The summed E-state index contributed by atoms with van der Waals surface area (Å²) in [5, 5.41) is 0. The van der Waals surface area contributed by atoms with Gasteiger partial charge in [-0.2, -0.15) is 0 Å². The highest BCUT2D eigenvalue weighted by molar-refractivity contribution is 7.47. The molecule has 0 aliphatic heterocycles. The molecule has 0 aromatic rings. The second kappa shape index (κ2) is 30.8. The Balaban J connectivity index is 4.24. The van der Waals surface area contributed by atoms with Gasteiger partial charge in [0.2, 0.25) is 0 Å². The molecule has 0 heterocycles. The van der Waals surface area contributed by atoms with Crippen LogP contribution in [0, 0.1) is 0 Å². The third-order valence-corrected chi connectivity index (χ3v) is 9.15. The van der Waals surface area contributed by atoms with Gasteiger partial charge in [0.1, 0.15) is 19.3 Å². The number of phosphoric acid groups is 1. The summed E-state index contributed by atoms with van der Waals surface area (Å²) in [6.07, 6.45) is 28.4. The number of quaternary nitrogens is 1. The zero-order valence-corrected chi connectivity index (χ0v) is 31.3. The summed E-state index contributed by atoms with van der Waals surface area (Å²) in [6, 6.07) is 0.